The van der Waals surface area contributed by atoms with E-state index >= 15 is 0 Å². The van der Waals surface area contributed by atoms with Gasteiger partial charge in [0, 0.05) is 18.6 Å². The summed E-state index contributed by atoms with van der Waals surface area (Å²) in [4.78, 5) is 0. The predicted octanol–water partition coefficient (Wildman–Crippen LogP) is 3.55. The molecule has 0 N–H and O–H groups in total. The first kappa shape index (κ1) is 15.5. The molecule has 0 saturated carbocycles. The van der Waals surface area contributed by atoms with Crippen LogP contribution in [0.1, 0.15) is 46.5 Å². The molecule has 0 aromatic heterocycles. The van der Waals surface area contributed by atoms with Crippen molar-refractivity contribution in [1.29, 1.82) is 0 Å². The fraction of sp³-hybridized carbons (Fsp3) is 1.00. The van der Waals surface area contributed by atoms with Crippen molar-refractivity contribution in [2.45, 2.75) is 52.5 Å². The summed E-state index contributed by atoms with van der Waals surface area (Å²) in [5.74, 6) is 0. The lowest BCUT2D eigenvalue weighted by Gasteiger charge is -2.28. The monoisotopic (exact) mass is 250 g/mol. The van der Waals surface area contributed by atoms with Crippen LogP contribution in [-0.4, -0.2) is 27.2 Å². The normalized spacial score (nSPS) is 12.0. The lowest BCUT2D eigenvalue weighted by atomic mass is 10.4. The lowest BCUT2D eigenvalue weighted by molar-refractivity contribution is 0.169. The molecule has 0 amide bonds. The zero-order valence-corrected chi connectivity index (χ0v) is 12.3. The van der Waals surface area contributed by atoms with Crippen molar-refractivity contribution in [3.05, 3.63) is 0 Å². The average Bonchev–Trinajstić information content (AvgIpc) is 2.28. The van der Waals surface area contributed by atoms with Crippen LogP contribution < -0.4 is 0 Å². The number of hydrogen-bond acceptors (Lipinski definition) is 3. The minimum absolute atomic E-state index is 0.775. The SMILES string of the molecule is CCCCO[Si](CC)(CS)OCCCC. The van der Waals surface area contributed by atoms with Gasteiger partial charge >= 0.3 is 8.56 Å². The summed E-state index contributed by atoms with van der Waals surface area (Å²) >= 11 is 4.40. The Labute approximate surface area is 101 Å². The predicted molar refractivity (Wildman–Crippen MR) is 71.8 cm³/mol. The summed E-state index contributed by atoms with van der Waals surface area (Å²) in [7, 11) is -1.95. The minimum atomic E-state index is -1.95. The van der Waals surface area contributed by atoms with Crippen molar-refractivity contribution in [3.63, 3.8) is 0 Å². The van der Waals surface area contributed by atoms with Crippen LogP contribution in [0, 0.1) is 0 Å². The van der Waals surface area contributed by atoms with E-state index in [1.807, 2.05) is 0 Å². The van der Waals surface area contributed by atoms with Crippen LogP contribution in [0.5, 0.6) is 0 Å². The summed E-state index contributed by atoms with van der Waals surface area (Å²) in [6.07, 6.45) is 4.60. The van der Waals surface area contributed by atoms with Gasteiger partial charge < -0.3 is 8.85 Å². The van der Waals surface area contributed by atoms with Gasteiger partial charge in [0.25, 0.3) is 0 Å². The number of hydrogen-bond donors (Lipinski definition) is 1. The van der Waals surface area contributed by atoms with E-state index in [0.717, 1.165) is 37.5 Å². The summed E-state index contributed by atoms with van der Waals surface area (Å²) in [5.41, 5.74) is 0. The maximum Gasteiger partial charge on any atom is 0.347 e. The maximum atomic E-state index is 5.96. The van der Waals surface area contributed by atoms with Crippen LogP contribution in [0.4, 0.5) is 0 Å². The van der Waals surface area contributed by atoms with Crippen LogP contribution in [-0.2, 0) is 8.85 Å². The molecule has 0 aromatic rings. The molecule has 0 aliphatic carbocycles. The highest BCUT2D eigenvalue weighted by atomic mass is 32.1. The molecule has 0 aliphatic rings. The summed E-state index contributed by atoms with van der Waals surface area (Å²) < 4.78 is 11.9. The molecule has 0 saturated heterocycles. The second-order valence-corrected chi connectivity index (χ2v) is 8.20. The van der Waals surface area contributed by atoms with Gasteiger partial charge in [-0.25, -0.2) is 0 Å². The minimum Gasteiger partial charge on any atom is -0.394 e. The molecule has 0 radical (unpaired) electrons. The van der Waals surface area contributed by atoms with Gasteiger partial charge in [-0.3, -0.25) is 0 Å². The van der Waals surface area contributed by atoms with E-state index < -0.39 is 8.56 Å². The van der Waals surface area contributed by atoms with Crippen LogP contribution >= 0.6 is 12.6 Å². The van der Waals surface area contributed by atoms with Gasteiger partial charge in [0.1, 0.15) is 0 Å². The second kappa shape index (κ2) is 9.69. The highest BCUT2D eigenvalue weighted by molar-refractivity contribution is 7.82. The number of rotatable bonds is 10. The second-order valence-electron chi connectivity index (χ2n) is 3.83. The van der Waals surface area contributed by atoms with Crippen LogP contribution in [0.15, 0.2) is 0 Å². The van der Waals surface area contributed by atoms with Gasteiger partial charge in [-0.2, -0.15) is 12.6 Å². The first-order chi connectivity index (χ1) is 7.24. The first-order valence-electron chi connectivity index (χ1n) is 6.13. The fourth-order valence-electron chi connectivity index (χ4n) is 1.25. The zero-order valence-electron chi connectivity index (χ0n) is 10.4. The molecule has 92 valence electrons. The Morgan fingerprint density at radius 3 is 1.67 bits per heavy atom. The quantitative estimate of drug-likeness (QED) is 0.363. The molecule has 15 heavy (non-hydrogen) atoms. The third-order valence-electron chi connectivity index (χ3n) is 2.51. The highest BCUT2D eigenvalue weighted by Crippen LogP contribution is 2.16. The van der Waals surface area contributed by atoms with E-state index in [1.165, 1.54) is 12.8 Å². The average molecular weight is 250 g/mol. The molecule has 0 atom stereocenters. The van der Waals surface area contributed by atoms with E-state index in [9.17, 15) is 0 Å². The van der Waals surface area contributed by atoms with Crippen molar-refractivity contribution in [2.24, 2.45) is 0 Å². The van der Waals surface area contributed by atoms with Gasteiger partial charge in [0.2, 0.25) is 0 Å². The summed E-state index contributed by atoms with van der Waals surface area (Å²) in [6, 6.07) is 1.00. The van der Waals surface area contributed by atoms with Gasteiger partial charge in [0.15, 0.2) is 0 Å². The zero-order chi connectivity index (χ0) is 11.6. The molecule has 0 heterocycles. The lowest BCUT2D eigenvalue weighted by Crippen LogP contribution is -2.44. The summed E-state index contributed by atoms with van der Waals surface area (Å²) in [6.45, 7) is 8.18. The van der Waals surface area contributed by atoms with Crippen LogP contribution in [0.25, 0.3) is 0 Å². The largest absolute Gasteiger partial charge is 0.394 e. The molecule has 0 fully saturated rings. The Hall–Kier alpha value is 0.487. The standard InChI is InChI=1S/C11H26O2SSi/c1-4-7-9-12-15(6-3,11-14)13-10-8-5-2/h14H,4-11H2,1-3H3. The van der Waals surface area contributed by atoms with E-state index in [0.29, 0.717) is 0 Å². The van der Waals surface area contributed by atoms with Crippen molar-refractivity contribution in [1.82, 2.24) is 0 Å². The maximum absolute atomic E-state index is 5.96. The van der Waals surface area contributed by atoms with E-state index in [2.05, 4.69) is 33.4 Å². The molecule has 0 aliphatic heterocycles. The Balaban J connectivity index is 3.93. The molecule has 0 bridgehead atoms. The number of unbranched alkanes of at least 4 members (excludes halogenated alkanes) is 2. The van der Waals surface area contributed by atoms with Crippen LogP contribution in [0.2, 0.25) is 6.04 Å². The molecule has 4 heteroatoms. The Morgan fingerprint density at radius 1 is 0.933 bits per heavy atom. The van der Waals surface area contributed by atoms with E-state index in [1.54, 1.807) is 0 Å². The van der Waals surface area contributed by atoms with E-state index in [4.69, 9.17) is 8.85 Å². The molecular formula is C11H26O2SSi. The third kappa shape index (κ3) is 6.61. The Morgan fingerprint density at radius 2 is 1.40 bits per heavy atom. The van der Waals surface area contributed by atoms with Crippen molar-refractivity contribution >= 4 is 21.2 Å². The first-order valence-corrected chi connectivity index (χ1v) is 8.99. The van der Waals surface area contributed by atoms with Crippen molar-refractivity contribution in [2.75, 3.05) is 18.6 Å². The Bertz CT molecular complexity index is 129. The third-order valence-corrected chi connectivity index (χ3v) is 6.97. The molecule has 0 rings (SSSR count). The topological polar surface area (TPSA) is 18.5 Å². The fourth-order valence-corrected chi connectivity index (χ4v) is 4.40. The molecular weight excluding hydrogens is 224 g/mol. The molecule has 2 nitrogen and oxygen atoms in total. The van der Waals surface area contributed by atoms with Crippen LogP contribution in [0.3, 0.4) is 0 Å². The van der Waals surface area contributed by atoms with Crippen molar-refractivity contribution < 1.29 is 8.85 Å². The van der Waals surface area contributed by atoms with Gasteiger partial charge in [-0.1, -0.05) is 33.6 Å². The molecule has 0 aromatic carbocycles. The van der Waals surface area contributed by atoms with Gasteiger partial charge in [-0.05, 0) is 18.9 Å². The summed E-state index contributed by atoms with van der Waals surface area (Å²) in [5, 5.41) is 0.775. The van der Waals surface area contributed by atoms with E-state index in [-0.39, 0.29) is 0 Å². The number of thiol groups is 1. The Kier molecular flexibility index (Phi) is 10.0. The van der Waals surface area contributed by atoms with Crippen molar-refractivity contribution in [3.8, 4) is 0 Å². The van der Waals surface area contributed by atoms with Gasteiger partial charge in [-0.15, -0.1) is 0 Å². The molecule has 0 unspecified atom stereocenters. The molecule has 0 spiro atoms. The van der Waals surface area contributed by atoms with Gasteiger partial charge in [0.05, 0.1) is 0 Å². The highest BCUT2D eigenvalue weighted by Gasteiger charge is 2.33. The smallest absolute Gasteiger partial charge is 0.347 e.